The second-order valence-electron chi connectivity index (χ2n) is 9.46. The van der Waals surface area contributed by atoms with Gasteiger partial charge in [0.15, 0.2) is 5.60 Å². The van der Waals surface area contributed by atoms with Crippen LogP contribution in [-0.2, 0) is 28.7 Å². The summed E-state index contributed by atoms with van der Waals surface area (Å²) in [6.45, 7) is 5.71. The molecule has 4 aliphatic heterocycles. The Morgan fingerprint density at radius 3 is 2.47 bits per heavy atom. The van der Waals surface area contributed by atoms with Crippen molar-refractivity contribution in [2.75, 3.05) is 6.54 Å². The highest BCUT2D eigenvalue weighted by atomic mass is 16.6. The van der Waals surface area contributed by atoms with Gasteiger partial charge in [0.05, 0.1) is 23.8 Å². The summed E-state index contributed by atoms with van der Waals surface area (Å²) in [5.41, 5.74) is -1.82. The van der Waals surface area contributed by atoms with Crippen LogP contribution in [0.4, 0.5) is 0 Å². The predicted molar refractivity (Wildman–Crippen MR) is 104 cm³/mol. The van der Waals surface area contributed by atoms with E-state index in [1.807, 2.05) is 6.92 Å². The van der Waals surface area contributed by atoms with Crippen molar-refractivity contribution in [3.8, 4) is 0 Å². The third kappa shape index (κ3) is 3.15. The quantitative estimate of drug-likeness (QED) is 0.668. The lowest BCUT2D eigenvalue weighted by molar-refractivity contribution is -0.156. The van der Waals surface area contributed by atoms with Gasteiger partial charge in [0, 0.05) is 25.3 Å². The zero-order valence-electron chi connectivity index (χ0n) is 17.8. The van der Waals surface area contributed by atoms with Crippen LogP contribution >= 0.6 is 0 Å². The Morgan fingerprint density at radius 1 is 1.10 bits per heavy atom. The van der Waals surface area contributed by atoms with Gasteiger partial charge in [-0.1, -0.05) is 20.8 Å². The van der Waals surface area contributed by atoms with Crippen LogP contribution < -0.4 is 0 Å². The maximum absolute atomic E-state index is 13.5. The average molecular weight is 421 g/mol. The first-order chi connectivity index (χ1) is 14.2. The molecule has 4 rings (SSSR count). The summed E-state index contributed by atoms with van der Waals surface area (Å²) < 4.78 is 11.2. The zero-order chi connectivity index (χ0) is 21.8. The molecule has 0 spiro atoms. The van der Waals surface area contributed by atoms with Gasteiger partial charge >= 0.3 is 11.9 Å². The molecule has 8 heteroatoms. The van der Waals surface area contributed by atoms with Crippen molar-refractivity contribution in [3.63, 3.8) is 0 Å². The zero-order valence-corrected chi connectivity index (χ0v) is 17.8. The molecule has 0 saturated carbocycles. The van der Waals surface area contributed by atoms with E-state index in [0.29, 0.717) is 38.6 Å². The molecule has 8 nitrogen and oxygen atoms in total. The molecule has 0 aromatic carbocycles. The van der Waals surface area contributed by atoms with E-state index in [1.165, 1.54) is 0 Å². The fourth-order valence-electron chi connectivity index (χ4n) is 5.96. The van der Waals surface area contributed by atoms with Crippen molar-refractivity contribution in [1.29, 1.82) is 0 Å². The number of amides is 1. The SMILES string of the molecule is CC[C@@H]1C(=O)CCCCN2C(=O)[C@](O)(C[C@H]2[C@@H]2C[C@H](C)C(=O)O2)[C@@H]2[C@H]1OC(=O)[C@H]2C. The number of hydrogen-bond acceptors (Lipinski definition) is 7. The van der Waals surface area contributed by atoms with Gasteiger partial charge in [-0.15, -0.1) is 0 Å². The Bertz CT molecular complexity index is 767. The molecular weight excluding hydrogens is 390 g/mol. The summed E-state index contributed by atoms with van der Waals surface area (Å²) in [6.07, 6.45) is 1.37. The summed E-state index contributed by atoms with van der Waals surface area (Å²) in [5.74, 6) is -3.46. The predicted octanol–water partition coefficient (Wildman–Crippen LogP) is 1.23. The monoisotopic (exact) mass is 421 g/mol. The van der Waals surface area contributed by atoms with E-state index in [0.717, 1.165) is 0 Å². The summed E-state index contributed by atoms with van der Waals surface area (Å²) in [4.78, 5) is 52.5. The molecule has 2 bridgehead atoms. The van der Waals surface area contributed by atoms with Crippen LogP contribution in [0.5, 0.6) is 0 Å². The van der Waals surface area contributed by atoms with Gasteiger partial charge in [-0.25, -0.2) is 0 Å². The maximum atomic E-state index is 13.5. The standard InChI is InChI=1S/C22H31NO7/c1-4-13-15(24)7-5-6-8-23-14(16-9-11(2)19(25)29-16)10-22(28,21(23)27)17-12(3)20(26)30-18(13)17/h11-14,16-18,28H,4-10H2,1-3H3/t11-,12-,13+,14-,16-,17-,18-,22-/m0/s1. The van der Waals surface area contributed by atoms with E-state index in [9.17, 15) is 24.3 Å². The Kier molecular flexibility index (Phi) is 5.41. The lowest BCUT2D eigenvalue weighted by Crippen LogP contribution is -2.53. The van der Waals surface area contributed by atoms with Gasteiger partial charge in [0.25, 0.3) is 5.91 Å². The second-order valence-corrected chi connectivity index (χ2v) is 9.46. The Hall–Kier alpha value is -1.96. The van der Waals surface area contributed by atoms with Crippen LogP contribution in [0.15, 0.2) is 0 Å². The summed E-state index contributed by atoms with van der Waals surface area (Å²) >= 11 is 0. The third-order valence-electron chi connectivity index (χ3n) is 7.63. The van der Waals surface area contributed by atoms with Gasteiger partial charge in [0.1, 0.15) is 18.0 Å². The number of ketones is 1. The van der Waals surface area contributed by atoms with Crippen LogP contribution in [0.2, 0.25) is 0 Å². The van der Waals surface area contributed by atoms with Crippen LogP contribution in [0.3, 0.4) is 0 Å². The molecule has 4 heterocycles. The average Bonchev–Trinajstić information content (AvgIpc) is 3.27. The minimum Gasteiger partial charge on any atom is -0.461 e. The van der Waals surface area contributed by atoms with Crippen LogP contribution in [0.1, 0.15) is 59.3 Å². The molecule has 1 amide bonds. The minimum absolute atomic E-state index is 0.0216. The molecule has 30 heavy (non-hydrogen) atoms. The van der Waals surface area contributed by atoms with E-state index in [-0.39, 0.29) is 24.1 Å². The number of carbonyl (C=O) groups excluding carboxylic acids is 4. The first-order valence-corrected chi connectivity index (χ1v) is 11.2. The van der Waals surface area contributed by atoms with Crippen LogP contribution in [0.25, 0.3) is 0 Å². The number of rotatable bonds is 2. The number of nitrogens with zero attached hydrogens (tertiary/aromatic N) is 1. The Labute approximate surface area is 176 Å². The van der Waals surface area contributed by atoms with E-state index >= 15 is 0 Å². The van der Waals surface area contributed by atoms with Crippen molar-refractivity contribution < 1.29 is 33.8 Å². The number of aliphatic hydroxyl groups is 1. The largest absolute Gasteiger partial charge is 0.461 e. The normalized spacial score (nSPS) is 44.5. The molecule has 0 unspecified atom stereocenters. The number of carbonyl (C=O) groups is 4. The fourth-order valence-corrected chi connectivity index (χ4v) is 5.96. The van der Waals surface area contributed by atoms with Gasteiger partial charge in [-0.3, -0.25) is 19.2 Å². The Balaban J connectivity index is 1.74. The highest BCUT2D eigenvalue weighted by molar-refractivity contribution is 5.91. The highest BCUT2D eigenvalue weighted by Crippen LogP contribution is 2.49. The highest BCUT2D eigenvalue weighted by Gasteiger charge is 2.65. The molecule has 8 atom stereocenters. The first-order valence-electron chi connectivity index (χ1n) is 11.2. The molecule has 0 aliphatic carbocycles. The molecule has 4 aliphatic rings. The fraction of sp³-hybridized carbons (Fsp3) is 0.818. The van der Waals surface area contributed by atoms with Crippen molar-refractivity contribution in [3.05, 3.63) is 0 Å². The van der Waals surface area contributed by atoms with E-state index in [1.54, 1.807) is 18.7 Å². The number of Topliss-reactive ketones (excluding diaryl/α,β-unsaturated/α-hetero) is 1. The topological polar surface area (TPSA) is 110 Å². The number of fused-ring (bicyclic) bond motifs is 4. The molecule has 4 saturated heterocycles. The number of esters is 2. The van der Waals surface area contributed by atoms with Gasteiger partial charge in [0.2, 0.25) is 0 Å². The lowest BCUT2D eigenvalue weighted by Gasteiger charge is -2.35. The number of ether oxygens (including phenoxy) is 2. The molecular formula is C22H31NO7. The first kappa shape index (κ1) is 21.3. The summed E-state index contributed by atoms with van der Waals surface area (Å²) in [5, 5.41) is 11.7. The number of cyclic esters (lactones) is 1. The van der Waals surface area contributed by atoms with Gasteiger partial charge in [-0.05, 0) is 25.7 Å². The summed E-state index contributed by atoms with van der Waals surface area (Å²) in [7, 11) is 0. The van der Waals surface area contributed by atoms with E-state index < -0.39 is 53.5 Å². The molecule has 166 valence electrons. The van der Waals surface area contributed by atoms with Gasteiger partial charge in [-0.2, -0.15) is 0 Å². The van der Waals surface area contributed by atoms with E-state index in [2.05, 4.69) is 0 Å². The molecule has 4 fully saturated rings. The van der Waals surface area contributed by atoms with E-state index in [4.69, 9.17) is 9.47 Å². The molecule has 0 aromatic heterocycles. The molecule has 0 aromatic rings. The van der Waals surface area contributed by atoms with Crippen molar-refractivity contribution in [2.45, 2.75) is 83.1 Å². The van der Waals surface area contributed by atoms with Crippen molar-refractivity contribution in [2.24, 2.45) is 23.7 Å². The lowest BCUT2D eigenvalue weighted by atomic mass is 9.70. The second kappa shape index (κ2) is 7.62. The third-order valence-corrected chi connectivity index (χ3v) is 7.63. The maximum Gasteiger partial charge on any atom is 0.309 e. The van der Waals surface area contributed by atoms with Crippen molar-refractivity contribution in [1.82, 2.24) is 4.90 Å². The minimum atomic E-state index is -1.82. The smallest absolute Gasteiger partial charge is 0.309 e. The molecule has 0 radical (unpaired) electrons. The van der Waals surface area contributed by atoms with Gasteiger partial charge < -0.3 is 19.5 Å². The summed E-state index contributed by atoms with van der Waals surface area (Å²) in [6, 6.07) is -0.435. The Morgan fingerprint density at radius 2 is 1.83 bits per heavy atom. The van der Waals surface area contributed by atoms with Crippen molar-refractivity contribution >= 4 is 23.6 Å². The molecule has 1 N–H and O–H groups in total. The van der Waals surface area contributed by atoms with Crippen LogP contribution in [0, 0.1) is 23.7 Å². The van der Waals surface area contributed by atoms with Crippen LogP contribution in [-0.4, -0.2) is 64.0 Å². The number of hydrogen-bond donors (Lipinski definition) is 1.